The zero-order valence-corrected chi connectivity index (χ0v) is 10.1. The summed E-state index contributed by atoms with van der Waals surface area (Å²) < 4.78 is 0.949. The van der Waals surface area contributed by atoms with Crippen molar-refractivity contribution in [1.82, 2.24) is 0 Å². The second-order valence-corrected chi connectivity index (χ2v) is 4.73. The number of carbonyl (C=O) groups excluding carboxylic acids is 1. The Morgan fingerprint density at radius 3 is 2.80 bits per heavy atom. The third-order valence-corrected chi connectivity index (χ3v) is 3.25. The van der Waals surface area contributed by atoms with E-state index < -0.39 is 0 Å². The van der Waals surface area contributed by atoms with Gasteiger partial charge in [0.05, 0.1) is 5.69 Å². The number of hydrogen-bond donors (Lipinski definition) is 1. The standard InChI is InChI=1S/C11H13BrN2O/c1-7-3-2-4-9(12)11(7)14-6-8(13)5-10(14)15/h2-4,8H,5-6,13H2,1H3. The first-order valence-electron chi connectivity index (χ1n) is 4.90. The summed E-state index contributed by atoms with van der Waals surface area (Å²) in [5.41, 5.74) is 7.82. The summed E-state index contributed by atoms with van der Waals surface area (Å²) in [6, 6.07) is 5.86. The molecule has 1 fully saturated rings. The van der Waals surface area contributed by atoms with E-state index in [1.54, 1.807) is 4.90 Å². The topological polar surface area (TPSA) is 46.3 Å². The maximum atomic E-state index is 11.7. The summed E-state index contributed by atoms with van der Waals surface area (Å²) >= 11 is 3.47. The van der Waals surface area contributed by atoms with E-state index in [0.29, 0.717) is 13.0 Å². The van der Waals surface area contributed by atoms with Gasteiger partial charge in [-0.1, -0.05) is 12.1 Å². The zero-order chi connectivity index (χ0) is 11.0. The van der Waals surface area contributed by atoms with Crippen molar-refractivity contribution in [3.63, 3.8) is 0 Å². The fraction of sp³-hybridized carbons (Fsp3) is 0.364. The lowest BCUT2D eigenvalue weighted by molar-refractivity contribution is -0.117. The smallest absolute Gasteiger partial charge is 0.228 e. The minimum Gasteiger partial charge on any atom is -0.326 e. The Hall–Kier alpha value is -0.870. The van der Waals surface area contributed by atoms with E-state index in [-0.39, 0.29) is 11.9 Å². The summed E-state index contributed by atoms with van der Waals surface area (Å²) in [5.74, 6) is 0.109. The first-order valence-corrected chi connectivity index (χ1v) is 5.70. The molecule has 1 unspecified atom stereocenters. The Labute approximate surface area is 97.4 Å². The number of nitrogens with zero attached hydrogens (tertiary/aromatic N) is 1. The summed E-state index contributed by atoms with van der Waals surface area (Å²) in [5, 5.41) is 0. The third-order valence-electron chi connectivity index (χ3n) is 2.61. The molecular weight excluding hydrogens is 256 g/mol. The first kappa shape index (κ1) is 10.6. The van der Waals surface area contributed by atoms with Crippen molar-refractivity contribution in [3.05, 3.63) is 28.2 Å². The summed E-state index contributed by atoms with van der Waals surface area (Å²) in [4.78, 5) is 13.5. The number of rotatable bonds is 1. The minimum absolute atomic E-state index is 0.0380. The van der Waals surface area contributed by atoms with Gasteiger partial charge in [-0.05, 0) is 34.5 Å². The molecule has 1 atom stereocenters. The molecule has 0 bridgehead atoms. The molecule has 0 saturated carbocycles. The van der Waals surface area contributed by atoms with Crippen molar-refractivity contribution < 1.29 is 4.79 Å². The molecule has 1 aromatic carbocycles. The number of halogens is 1. The molecule has 80 valence electrons. The lowest BCUT2D eigenvalue weighted by atomic mass is 10.2. The lowest BCUT2D eigenvalue weighted by Crippen LogP contribution is -2.28. The lowest BCUT2D eigenvalue weighted by Gasteiger charge is -2.20. The molecule has 0 spiro atoms. The van der Waals surface area contributed by atoms with Gasteiger partial charge in [0, 0.05) is 23.5 Å². The number of nitrogens with two attached hydrogens (primary N) is 1. The fourth-order valence-corrected chi connectivity index (χ4v) is 2.60. The van der Waals surface area contributed by atoms with E-state index in [2.05, 4.69) is 15.9 Å². The van der Waals surface area contributed by atoms with Gasteiger partial charge in [-0.15, -0.1) is 0 Å². The van der Waals surface area contributed by atoms with Gasteiger partial charge in [0.25, 0.3) is 0 Å². The monoisotopic (exact) mass is 268 g/mol. The molecule has 3 nitrogen and oxygen atoms in total. The highest BCUT2D eigenvalue weighted by atomic mass is 79.9. The van der Waals surface area contributed by atoms with Crippen molar-refractivity contribution in [2.45, 2.75) is 19.4 Å². The van der Waals surface area contributed by atoms with Crippen LogP contribution in [0.5, 0.6) is 0 Å². The van der Waals surface area contributed by atoms with E-state index in [1.165, 1.54) is 0 Å². The van der Waals surface area contributed by atoms with Crippen LogP contribution in [0.1, 0.15) is 12.0 Å². The van der Waals surface area contributed by atoms with Crippen molar-refractivity contribution in [2.24, 2.45) is 5.73 Å². The molecule has 1 amide bonds. The number of hydrogen-bond acceptors (Lipinski definition) is 2. The SMILES string of the molecule is Cc1cccc(Br)c1N1CC(N)CC1=O. The van der Waals surface area contributed by atoms with Crippen LogP contribution in [0.25, 0.3) is 0 Å². The van der Waals surface area contributed by atoms with Crippen LogP contribution in [-0.2, 0) is 4.79 Å². The van der Waals surface area contributed by atoms with Gasteiger partial charge in [0.1, 0.15) is 0 Å². The summed E-state index contributed by atoms with van der Waals surface area (Å²) in [6.07, 6.45) is 0.445. The second kappa shape index (κ2) is 3.94. The van der Waals surface area contributed by atoms with E-state index >= 15 is 0 Å². The molecule has 1 aliphatic rings. The van der Waals surface area contributed by atoms with Gasteiger partial charge in [-0.2, -0.15) is 0 Å². The van der Waals surface area contributed by atoms with Gasteiger partial charge >= 0.3 is 0 Å². The first-order chi connectivity index (χ1) is 7.09. The predicted molar refractivity (Wildman–Crippen MR) is 63.8 cm³/mol. The predicted octanol–water partition coefficient (Wildman–Crippen LogP) is 1.82. The molecule has 1 aliphatic heterocycles. The quantitative estimate of drug-likeness (QED) is 0.845. The third kappa shape index (κ3) is 1.92. The number of amides is 1. The van der Waals surface area contributed by atoms with Crippen LogP contribution >= 0.6 is 15.9 Å². The van der Waals surface area contributed by atoms with Crippen molar-refractivity contribution in [1.29, 1.82) is 0 Å². The highest BCUT2D eigenvalue weighted by Crippen LogP contribution is 2.32. The normalized spacial score (nSPS) is 21.1. The maximum Gasteiger partial charge on any atom is 0.228 e. The molecule has 0 aliphatic carbocycles. The van der Waals surface area contributed by atoms with Gasteiger partial charge < -0.3 is 10.6 Å². The van der Waals surface area contributed by atoms with Gasteiger partial charge in [-0.25, -0.2) is 0 Å². The van der Waals surface area contributed by atoms with Crippen LogP contribution in [0.2, 0.25) is 0 Å². The zero-order valence-electron chi connectivity index (χ0n) is 8.53. The number of aryl methyl sites for hydroxylation is 1. The Bertz CT molecular complexity index is 385. The van der Waals surface area contributed by atoms with E-state index in [0.717, 1.165) is 15.7 Å². The van der Waals surface area contributed by atoms with Gasteiger partial charge in [0.2, 0.25) is 5.91 Å². The Balaban J connectivity index is 2.41. The van der Waals surface area contributed by atoms with Crippen LogP contribution in [-0.4, -0.2) is 18.5 Å². The number of para-hydroxylation sites is 1. The molecule has 2 rings (SSSR count). The average molecular weight is 269 g/mol. The minimum atomic E-state index is -0.0380. The molecule has 0 aromatic heterocycles. The van der Waals surface area contributed by atoms with E-state index in [9.17, 15) is 4.79 Å². The number of carbonyl (C=O) groups is 1. The summed E-state index contributed by atoms with van der Waals surface area (Å²) in [7, 11) is 0. The van der Waals surface area contributed by atoms with Crippen molar-refractivity contribution in [2.75, 3.05) is 11.4 Å². The number of anilines is 1. The van der Waals surface area contributed by atoms with Gasteiger partial charge in [0.15, 0.2) is 0 Å². The van der Waals surface area contributed by atoms with Crippen LogP contribution in [0.15, 0.2) is 22.7 Å². The Morgan fingerprint density at radius 2 is 2.27 bits per heavy atom. The molecule has 1 aromatic rings. The van der Waals surface area contributed by atoms with E-state index in [4.69, 9.17) is 5.73 Å². The highest BCUT2D eigenvalue weighted by Gasteiger charge is 2.29. The van der Waals surface area contributed by atoms with Crippen molar-refractivity contribution in [3.8, 4) is 0 Å². The van der Waals surface area contributed by atoms with Crippen LogP contribution < -0.4 is 10.6 Å². The fourth-order valence-electron chi connectivity index (χ4n) is 1.92. The maximum absolute atomic E-state index is 11.7. The van der Waals surface area contributed by atoms with Crippen molar-refractivity contribution >= 4 is 27.5 Å². The second-order valence-electron chi connectivity index (χ2n) is 3.87. The molecule has 2 N–H and O–H groups in total. The largest absolute Gasteiger partial charge is 0.326 e. The molecule has 15 heavy (non-hydrogen) atoms. The molecule has 1 saturated heterocycles. The average Bonchev–Trinajstić information content (AvgIpc) is 2.45. The van der Waals surface area contributed by atoms with E-state index in [1.807, 2.05) is 25.1 Å². The molecule has 0 radical (unpaired) electrons. The van der Waals surface area contributed by atoms with Crippen LogP contribution in [0, 0.1) is 6.92 Å². The molecular formula is C11H13BrN2O. The van der Waals surface area contributed by atoms with Crippen LogP contribution in [0.3, 0.4) is 0 Å². The van der Waals surface area contributed by atoms with Gasteiger partial charge in [-0.3, -0.25) is 4.79 Å². The summed E-state index contributed by atoms with van der Waals surface area (Å²) in [6.45, 7) is 2.61. The molecule has 4 heteroatoms. The molecule has 1 heterocycles. The Morgan fingerprint density at radius 1 is 1.53 bits per heavy atom. The Kier molecular flexibility index (Phi) is 2.80. The number of benzene rings is 1. The highest BCUT2D eigenvalue weighted by molar-refractivity contribution is 9.10. The van der Waals surface area contributed by atoms with Crippen LogP contribution in [0.4, 0.5) is 5.69 Å².